The summed E-state index contributed by atoms with van der Waals surface area (Å²) in [6, 6.07) is 9.27. The molecule has 11 heteroatoms. The highest BCUT2D eigenvalue weighted by Crippen LogP contribution is 2.27. The van der Waals surface area contributed by atoms with Crippen molar-refractivity contribution in [3.8, 4) is 0 Å². The fraction of sp³-hybridized carbons (Fsp3) is 0.278. The van der Waals surface area contributed by atoms with Crippen molar-refractivity contribution in [2.24, 2.45) is 0 Å². The summed E-state index contributed by atoms with van der Waals surface area (Å²) in [5, 5.41) is 11.3. The van der Waals surface area contributed by atoms with E-state index in [1.54, 1.807) is 0 Å². The quantitative estimate of drug-likeness (QED) is 0.524. The van der Waals surface area contributed by atoms with Crippen LogP contribution in [0.5, 0.6) is 0 Å². The molecule has 0 N–H and O–H groups in total. The average Bonchev–Trinajstić information content (AvgIpc) is 2.70. The Balaban J connectivity index is 1.70. The van der Waals surface area contributed by atoms with Gasteiger partial charge in [0.05, 0.1) is 11.3 Å². The molecule has 2 aromatic carbocycles. The summed E-state index contributed by atoms with van der Waals surface area (Å²) in [5.74, 6) is -0.955. The number of sulfonamides is 1. The van der Waals surface area contributed by atoms with Crippen LogP contribution in [-0.2, 0) is 21.2 Å². The number of carbonyl (C=O) groups is 1. The molecule has 0 radical (unpaired) electrons. The van der Waals surface area contributed by atoms with Gasteiger partial charge in [0.1, 0.15) is 5.82 Å². The highest BCUT2D eigenvalue weighted by molar-refractivity contribution is 7.89. The molecule has 154 valence electrons. The minimum atomic E-state index is -4.09. The van der Waals surface area contributed by atoms with Gasteiger partial charge in [-0.3, -0.25) is 14.9 Å². The number of hydrogen-bond acceptors (Lipinski definition) is 5. The van der Waals surface area contributed by atoms with Crippen molar-refractivity contribution in [2.75, 3.05) is 26.2 Å². The summed E-state index contributed by atoms with van der Waals surface area (Å²) >= 11 is 5.95. The fourth-order valence-electron chi connectivity index (χ4n) is 3.11. The van der Waals surface area contributed by atoms with Gasteiger partial charge in [-0.05, 0) is 18.2 Å². The van der Waals surface area contributed by atoms with Crippen molar-refractivity contribution in [1.29, 1.82) is 0 Å². The molecule has 1 aliphatic rings. The Labute approximate surface area is 171 Å². The molecule has 8 nitrogen and oxygen atoms in total. The predicted molar refractivity (Wildman–Crippen MR) is 104 cm³/mol. The van der Waals surface area contributed by atoms with Gasteiger partial charge in [-0.25, -0.2) is 12.8 Å². The standard InChI is InChI=1S/C18H17ClFN3O5S/c19-14-4-3-5-15(20)13(14)12-18(24)21-8-10-22(11-9-21)29(27,28)17-7-2-1-6-16(17)23(25)26/h1-7H,8-12H2. The number of hydrogen-bond donors (Lipinski definition) is 0. The minimum Gasteiger partial charge on any atom is -0.340 e. The van der Waals surface area contributed by atoms with Gasteiger partial charge in [0, 0.05) is 42.8 Å². The van der Waals surface area contributed by atoms with E-state index in [-0.39, 0.29) is 54.0 Å². The van der Waals surface area contributed by atoms with Gasteiger partial charge >= 0.3 is 0 Å². The number of rotatable bonds is 5. The second kappa shape index (κ2) is 8.44. The predicted octanol–water partition coefficient (Wildman–Crippen LogP) is 2.46. The Morgan fingerprint density at radius 1 is 1.10 bits per heavy atom. The second-order valence-electron chi connectivity index (χ2n) is 6.39. The van der Waals surface area contributed by atoms with E-state index in [0.29, 0.717) is 0 Å². The summed E-state index contributed by atoms with van der Waals surface area (Å²) < 4.78 is 40.6. The third-order valence-corrected chi connectivity index (χ3v) is 6.96. The molecule has 1 amide bonds. The largest absolute Gasteiger partial charge is 0.340 e. The van der Waals surface area contributed by atoms with Crippen molar-refractivity contribution < 1.29 is 22.5 Å². The minimum absolute atomic E-state index is 0.0227. The van der Waals surface area contributed by atoms with Gasteiger partial charge in [0.2, 0.25) is 15.9 Å². The molecule has 1 saturated heterocycles. The molecule has 0 aliphatic carbocycles. The molecule has 3 rings (SSSR count). The topological polar surface area (TPSA) is 101 Å². The second-order valence-corrected chi connectivity index (χ2v) is 8.70. The van der Waals surface area contributed by atoms with E-state index in [0.717, 1.165) is 10.4 Å². The molecule has 0 saturated carbocycles. The van der Waals surface area contributed by atoms with E-state index in [4.69, 9.17) is 11.6 Å². The Hall–Kier alpha value is -2.56. The highest BCUT2D eigenvalue weighted by atomic mass is 35.5. The SMILES string of the molecule is O=C(Cc1c(F)cccc1Cl)N1CCN(S(=O)(=O)c2ccccc2[N+](=O)[O-])CC1. The number of carbonyl (C=O) groups excluding carboxylic acids is 1. The van der Waals surface area contributed by atoms with Crippen LogP contribution in [0.15, 0.2) is 47.4 Å². The number of para-hydroxylation sites is 1. The monoisotopic (exact) mass is 441 g/mol. The van der Waals surface area contributed by atoms with Crippen LogP contribution in [0, 0.1) is 15.9 Å². The Kier molecular flexibility index (Phi) is 6.15. The summed E-state index contributed by atoms with van der Waals surface area (Å²) in [6.45, 7) is 0.131. The van der Waals surface area contributed by atoms with Crippen molar-refractivity contribution in [1.82, 2.24) is 9.21 Å². The van der Waals surface area contributed by atoms with Crippen LogP contribution in [0.25, 0.3) is 0 Å². The van der Waals surface area contributed by atoms with Crippen LogP contribution < -0.4 is 0 Å². The lowest BCUT2D eigenvalue weighted by atomic mass is 10.1. The van der Waals surface area contributed by atoms with E-state index in [1.807, 2.05) is 0 Å². The Bertz CT molecular complexity index is 1030. The molecular formula is C18H17ClFN3O5S. The molecule has 29 heavy (non-hydrogen) atoms. The molecule has 0 aromatic heterocycles. The van der Waals surface area contributed by atoms with Crippen LogP contribution >= 0.6 is 11.6 Å². The van der Waals surface area contributed by atoms with Crippen molar-refractivity contribution >= 4 is 33.2 Å². The summed E-state index contributed by atoms with van der Waals surface area (Å²) in [7, 11) is -4.09. The lowest BCUT2D eigenvalue weighted by Crippen LogP contribution is -2.51. The summed E-state index contributed by atoms with van der Waals surface area (Å²) in [4.78, 5) is 23.9. The zero-order valence-electron chi connectivity index (χ0n) is 15.1. The fourth-order valence-corrected chi connectivity index (χ4v) is 4.92. The van der Waals surface area contributed by atoms with Crippen molar-refractivity contribution in [3.63, 3.8) is 0 Å². The third kappa shape index (κ3) is 4.39. The number of halogens is 2. The maximum atomic E-state index is 13.9. The van der Waals surface area contributed by atoms with Crippen LogP contribution in [0.4, 0.5) is 10.1 Å². The zero-order chi connectivity index (χ0) is 21.2. The Morgan fingerprint density at radius 3 is 2.38 bits per heavy atom. The van der Waals surface area contributed by atoms with Gasteiger partial charge in [-0.2, -0.15) is 4.31 Å². The number of amides is 1. The lowest BCUT2D eigenvalue weighted by Gasteiger charge is -2.34. The van der Waals surface area contributed by atoms with Crippen molar-refractivity contribution in [2.45, 2.75) is 11.3 Å². The van der Waals surface area contributed by atoms with Gasteiger partial charge in [0.15, 0.2) is 4.90 Å². The average molecular weight is 442 g/mol. The number of nitro benzene ring substituents is 1. The van der Waals surface area contributed by atoms with Crippen LogP contribution in [-0.4, -0.2) is 54.6 Å². The third-order valence-electron chi connectivity index (χ3n) is 4.66. The van der Waals surface area contributed by atoms with Gasteiger partial charge in [0.25, 0.3) is 5.69 Å². The van der Waals surface area contributed by atoms with Gasteiger partial charge in [-0.15, -0.1) is 0 Å². The summed E-state index contributed by atoms with van der Waals surface area (Å²) in [6.07, 6.45) is -0.234. The number of nitro groups is 1. The number of piperazine rings is 1. The lowest BCUT2D eigenvalue weighted by molar-refractivity contribution is -0.387. The molecule has 0 unspecified atom stereocenters. The van der Waals surface area contributed by atoms with E-state index in [1.165, 1.54) is 41.3 Å². The molecule has 0 spiro atoms. The highest BCUT2D eigenvalue weighted by Gasteiger charge is 2.34. The van der Waals surface area contributed by atoms with E-state index in [2.05, 4.69) is 0 Å². The first-order valence-corrected chi connectivity index (χ1v) is 10.5. The molecule has 1 fully saturated rings. The normalized spacial score (nSPS) is 15.3. The first-order chi connectivity index (χ1) is 13.7. The maximum absolute atomic E-state index is 13.9. The number of nitrogens with zero attached hydrogens (tertiary/aromatic N) is 3. The molecule has 1 aliphatic heterocycles. The molecule has 2 aromatic rings. The van der Waals surface area contributed by atoms with Crippen molar-refractivity contribution in [3.05, 3.63) is 69.0 Å². The molecule has 0 atom stereocenters. The van der Waals surface area contributed by atoms with E-state index >= 15 is 0 Å². The molecule has 0 bridgehead atoms. The van der Waals surface area contributed by atoms with Crippen LogP contribution in [0.3, 0.4) is 0 Å². The van der Waals surface area contributed by atoms with E-state index in [9.17, 15) is 27.7 Å². The maximum Gasteiger partial charge on any atom is 0.289 e. The number of benzene rings is 2. The molecule has 1 heterocycles. The zero-order valence-corrected chi connectivity index (χ0v) is 16.7. The van der Waals surface area contributed by atoms with Crippen LogP contribution in [0.2, 0.25) is 5.02 Å². The van der Waals surface area contributed by atoms with Gasteiger partial charge in [-0.1, -0.05) is 29.8 Å². The molecular weight excluding hydrogens is 425 g/mol. The smallest absolute Gasteiger partial charge is 0.289 e. The first-order valence-electron chi connectivity index (χ1n) is 8.66. The summed E-state index contributed by atoms with van der Waals surface area (Å²) in [5.41, 5.74) is -0.408. The van der Waals surface area contributed by atoms with Gasteiger partial charge < -0.3 is 4.90 Å². The Morgan fingerprint density at radius 2 is 1.76 bits per heavy atom. The van der Waals surface area contributed by atoms with E-state index < -0.39 is 26.5 Å². The van der Waals surface area contributed by atoms with Crippen LogP contribution in [0.1, 0.15) is 5.56 Å². The first kappa shape index (κ1) is 21.2.